The Labute approximate surface area is 275 Å². The SMILES string of the molecule is CCCCCCC(O)C/C=C\CCCCCCCC(=O)[O-].CCCCCCC(O)C/C=C\CCCCCCCC(=O)[O-].[Cu+2]. The van der Waals surface area contributed by atoms with Gasteiger partial charge in [-0.15, -0.1) is 0 Å². The molecule has 0 aromatic rings. The summed E-state index contributed by atoms with van der Waals surface area (Å²) in [5.74, 6) is -1.88. The van der Waals surface area contributed by atoms with Gasteiger partial charge in [0.05, 0.1) is 12.2 Å². The maximum atomic E-state index is 10.2. The Hall–Kier alpha value is -1.14. The number of aliphatic hydroxyl groups excluding tert-OH is 2. The average Bonchev–Trinajstić information content (AvgIpc) is 2.95. The minimum atomic E-state index is -0.939. The molecule has 0 aromatic carbocycles. The third-order valence-corrected chi connectivity index (χ3v) is 7.43. The fraction of sp³-hybridized carbons (Fsp3) is 0.833. The summed E-state index contributed by atoms with van der Waals surface area (Å²) in [6.07, 6.45) is 34.0. The zero-order chi connectivity index (χ0) is 31.5. The van der Waals surface area contributed by atoms with Crippen LogP contribution in [0.25, 0.3) is 0 Å². The van der Waals surface area contributed by atoms with Crippen molar-refractivity contribution < 1.29 is 47.1 Å². The average molecular weight is 658 g/mol. The number of carboxylic acids is 2. The van der Waals surface area contributed by atoms with Gasteiger partial charge in [0.2, 0.25) is 0 Å². The van der Waals surface area contributed by atoms with Crippen molar-refractivity contribution in [3.05, 3.63) is 24.3 Å². The second-order valence-electron chi connectivity index (χ2n) is 11.8. The number of allylic oxidation sites excluding steroid dienone is 2. The normalized spacial score (nSPS) is 12.6. The van der Waals surface area contributed by atoms with E-state index >= 15 is 0 Å². The Kier molecular flexibility index (Phi) is 41.8. The van der Waals surface area contributed by atoms with Crippen molar-refractivity contribution in [3.8, 4) is 0 Å². The number of unbranched alkanes of at least 4 members (excludes halogenated alkanes) is 16. The fourth-order valence-electron chi connectivity index (χ4n) is 4.72. The van der Waals surface area contributed by atoms with E-state index < -0.39 is 11.9 Å². The Morgan fingerprint density at radius 3 is 1.19 bits per heavy atom. The van der Waals surface area contributed by atoms with Crippen molar-refractivity contribution >= 4 is 11.9 Å². The number of carbonyl (C=O) groups is 2. The van der Waals surface area contributed by atoms with Crippen LogP contribution in [0.15, 0.2) is 24.3 Å². The first kappa shape index (κ1) is 46.3. The molecule has 0 heterocycles. The van der Waals surface area contributed by atoms with E-state index in [1.807, 2.05) is 0 Å². The van der Waals surface area contributed by atoms with Gasteiger partial charge in [-0.1, -0.05) is 128 Å². The molecule has 1 radical (unpaired) electrons. The summed E-state index contributed by atoms with van der Waals surface area (Å²) in [5, 5.41) is 40.0. The molecule has 0 aromatic heterocycles. The molecular weight excluding hydrogens is 592 g/mol. The van der Waals surface area contributed by atoms with Gasteiger partial charge in [-0.2, -0.15) is 0 Å². The minimum Gasteiger partial charge on any atom is -0.550 e. The van der Waals surface area contributed by atoms with Crippen LogP contribution in [0.5, 0.6) is 0 Å². The number of hydrogen-bond donors (Lipinski definition) is 2. The van der Waals surface area contributed by atoms with Crippen LogP contribution < -0.4 is 10.2 Å². The van der Waals surface area contributed by atoms with Gasteiger partial charge in [0.15, 0.2) is 0 Å². The molecule has 0 aliphatic carbocycles. The minimum absolute atomic E-state index is 0. The third-order valence-electron chi connectivity index (χ3n) is 7.43. The topological polar surface area (TPSA) is 121 Å². The Morgan fingerprint density at radius 2 is 0.837 bits per heavy atom. The molecule has 0 bridgehead atoms. The third kappa shape index (κ3) is 45.4. The van der Waals surface area contributed by atoms with Gasteiger partial charge in [0.25, 0.3) is 0 Å². The predicted octanol–water partition coefficient (Wildman–Crippen LogP) is 7.49. The van der Waals surface area contributed by atoms with Gasteiger partial charge in [-0.3, -0.25) is 0 Å². The Morgan fingerprint density at radius 1 is 0.512 bits per heavy atom. The van der Waals surface area contributed by atoms with Crippen LogP contribution in [0.2, 0.25) is 0 Å². The van der Waals surface area contributed by atoms with E-state index in [0.29, 0.717) is 0 Å². The van der Waals surface area contributed by atoms with Crippen molar-refractivity contribution in [3.63, 3.8) is 0 Å². The van der Waals surface area contributed by atoms with E-state index in [1.54, 1.807) is 0 Å². The second-order valence-corrected chi connectivity index (χ2v) is 11.8. The van der Waals surface area contributed by atoms with Crippen LogP contribution in [-0.2, 0) is 26.7 Å². The maximum Gasteiger partial charge on any atom is 2.00 e. The van der Waals surface area contributed by atoms with Crippen LogP contribution in [-0.4, -0.2) is 34.4 Å². The smallest absolute Gasteiger partial charge is 0.550 e. The molecule has 257 valence electrons. The summed E-state index contributed by atoms with van der Waals surface area (Å²) in [4.78, 5) is 20.4. The van der Waals surface area contributed by atoms with E-state index in [-0.39, 0.29) is 42.1 Å². The molecular formula is C36H66CuO6. The molecule has 2 unspecified atom stereocenters. The van der Waals surface area contributed by atoms with Crippen LogP contribution in [0.4, 0.5) is 0 Å². The molecule has 0 fully saturated rings. The Bertz CT molecular complexity index is 583. The van der Waals surface area contributed by atoms with E-state index in [0.717, 1.165) is 116 Å². The molecule has 2 atom stereocenters. The first-order valence-electron chi connectivity index (χ1n) is 17.4. The molecule has 0 aliphatic heterocycles. The molecule has 6 nitrogen and oxygen atoms in total. The predicted molar refractivity (Wildman–Crippen MR) is 172 cm³/mol. The summed E-state index contributed by atoms with van der Waals surface area (Å²) >= 11 is 0. The summed E-state index contributed by atoms with van der Waals surface area (Å²) in [7, 11) is 0. The number of rotatable bonds is 30. The quantitative estimate of drug-likeness (QED) is 0.0469. The zero-order valence-corrected chi connectivity index (χ0v) is 28.6. The van der Waals surface area contributed by atoms with Gasteiger partial charge < -0.3 is 30.0 Å². The molecule has 0 amide bonds. The molecule has 0 rings (SSSR count). The molecule has 0 spiro atoms. The van der Waals surface area contributed by atoms with Gasteiger partial charge in [-0.25, -0.2) is 0 Å². The summed E-state index contributed by atoms with van der Waals surface area (Å²) in [5.41, 5.74) is 0. The number of carbonyl (C=O) groups excluding carboxylic acids is 2. The zero-order valence-electron chi connectivity index (χ0n) is 27.7. The van der Waals surface area contributed by atoms with E-state index in [4.69, 9.17) is 0 Å². The summed E-state index contributed by atoms with van der Waals surface area (Å²) in [6, 6.07) is 0. The fourth-order valence-corrected chi connectivity index (χ4v) is 4.72. The van der Waals surface area contributed by atoms with Crippen molar-refractivity contribution in [2.24, 2.45) is 0 Å². The number of aliphatic carboxylic acids is 2. The molecule has 0 aliphatic rings. The van der Waals surface area contributed by atoms with Crippen molar-refractivity contribution in [1.29, 1.82) is 0 Å². The molecule has 7 heteroatoms. The van der Waals surface area contributed by atoms with E-state index in [2.05, 4.69) is 38.2 Å². The number of aliphatic hydroxyl groups is 2. The van der Waals surface area contributed by atoms with Gasteiger partial charge in [0.1, 0.15) is 0 Å². The number of carboxylic acid groups (broad SMARTS) is 2. The van der Waals surface area contributed by atoms with Gasteiger partial charge in [0, 0.05) is 11.9 Å². The molecule has 0 saturated heterocycles. The first-order valence-corrected chi connectivity index (χ1v) is 17.4. The van der Waals surface area contributed by atoms with Crippen LogP contribution in [0.1, 0.15) is 181 Å². The van der Waals surface area contributed by atoms with Crippen LogP contribution in [0.3, 0.4) is 0 Å². The van der Waals surface area contributed by atoms with Gasteiger partial charge >= 0.3 is 17.1 Å². The summed E-state index contributed by atoms with van der Waals surface area (Å²) in [6.45, 7) is 4.39. The molecule has 0 saturated carbocycles. The Balaban J connectivity index is -0.000000727. The van der Waals surface area contributed by atoms with Crippen molar-refractivity contribution in [2.75, 3.05) is 0 Å². The maximum absolute atomic E-state index is 10.2. The first-order chi connectivity index (χ1) is 20.3. The largest absolute Gasteiger partial charge is 2.00 e. The van der Waals surface area contributed by atoms with Crippen molar-refractivity contribution in [2.45, 2.75) is 193 Å². The number of hydrogen-bond acceptors (Lipinski definition) is 6. The van der Waals surface area contributed by atoms with E-state index in [1.165, 1.54) is 38.5 Å². The van der Waals surface area contributed by atoms with Crippen molar-refractivity contribution in [1.82, 2.24) is 0 Å². The van der Waals surface area contributed by atoms with Crippen LogP contribution in [0, 0.1) is 0 Å². The summed E-state index contributed by atoms with van der Waals surface area (Å²) < 4.78 is 0. The monoisotopic (exact) mass is 657 g/mol. The standard InChI is InChI=1S/2C18H34O3.Cu/c2*1-2-3-4-11-14-17(19)15-12-9-7-5-6-8-10-13-16-18(20)21;/h2*9,12,17,19H,2-8,10-11,13-16H2,1H3,(H,20,21);/q;;+2/p-2/b2*12-9-;. The molecule has 2 N–H and O–H groups in total. The van der Waals surface area contributed by atoms with Crippen LogP contribution >= 0.6 is 0 Å². The second kappa shape index (κ2) is 38.9. The van der Waals surface area contributed by atoms with E-state index in [9.17, 15) is 30.0 Å². The molecule has 43 heavy (non-hydrogen) atoms. The van der Waals surface area contributed by atoms with Gasteiger partial charge in [-0.05, 0) is 77.0 Å².